The molecule has 1 amide bonds. The zero-order valence-corrected chi connectivity index (χ0v) is 11.0. The van der Waals surface area contributed by atoms with Crippen LogP contribution >= 0.6 is 0 Å². The number of nitrogens with two attached hydrogens (primary N) is 1. The van der Waals surface area contributed by atoms with E-state index in [2.05, 4.69) is 0 Å². The van der Waals surface area contributed by atoms with E-state index in [1.54, 1.807) is 11.0 Å². The van der Waals surface area contributed by atoms with Gasteiger partial charge >= 0.3 is 0 Å². The molecule has 1 aromatic rings. The number of hydrogen-bond donors (Lipinski definition) is 3. The van der Waals surface area contributed by atoms with E-state index in [0.29, 0.717) is 6.54 Å². The van der Waals surface area contributed by atoms with Crippen LogP contribution in [0.3, 0.4) is 0 Å². The molecule has 0 radical (unpaired) electrons. The van der Waals surface area contributed by atoms with Gasteiger partial charge in [0.05, 0.1) is 5.56 Å². The summed E-state index contributed by atoms with van der Waals surface area (Å²) >= 11 is 0. The fourth-order valence-corrected chi connectivity index (χ4v) is 2.61. The Morgan fingerprint density at radius 2 is 2.16 bits per heavy atom. The minimum Gasteiger partial charge on any atom is -0.504 e. The number of piperidine rings is 1. The second-order valence-corrected chi connectivity index (χ2v) is 5.09. The van der Waals surface area contributed by atoms with E-state index in [4.69, 9.17) is 5.73 Å². The first-order valence-electron chi connectivity index (χ1n) is 6.60. The number of hydrogen-bond acceptors (Lipinski definition) is 4. The molecule has 2 rings (SSSR count). The lowest BCUT2D eigenvalue weighted by atomic mass is 9.96. The number of para-hydroxylation sites is 1. The van der Waals surface area contributed by atoms with Gasteiger partial charge in [-0.3, -0.25) is 4.79 Å². The van der Waals surface area contributed by atoms with Crippen molar-refractivity contribution in [3.63, 3.8) is 0 Å². The van der Waals surface area contributed by atoms with Crippen molar-refractivity contribution in [2.45, 2.75) is 38.3 Å². The van der Waals surface area contributed by atoms with Crippen LogP contribution in [-0.2, 0) is 0 Å². The van der Waals surface area contributed by atoms with Crippen molar-refractivity contribution in [2.24, 2.45) is 5.73 Å². The van der Waals surface area contributed by atoms with Crippen LogP contribution in [0, 0.1) is 0 Å². The minimum atomic E-state index is -0.360. The molecule has 1 heterocycles. The largest absolute Gasteiger partial charge is 0.504 e. The SMILES string of the molecule is CC(N)C1CCCCN1C(=O)c1cccc(O)c1O. The van der Waals surface area contributed by atoms with E-state index in [1.807, 2.05) is 6.92 Å². The first kappa shape index (κ1) is 13.7. The summed E-state index contributed by atoms with van der Waals surface area (Å²) in [5.41, 5.74) is 6.07. The van der Waals surface area contributed by atoms with Crippen molar-refractivity contribution in [3.05, 3.63) is 23.8 Å². The number of nitrogens with zero attached hydrogens (tertiary/aromatic N) is 1. The maximum atomic E-state index is 12.5. The topological polar surface area (TPSA) is 86.8 Å². The van der Waals surface area contributed by atoms with Crippen LogP contribution in [0.25, 0.3) is 0 Å². The highest BCUT2D eigenvalue weighted by Crippen LogP contribution is 2.31. The van der Waals surface area contributed by atoms with Crippen LogP contribution in [0.5, 0.6) is 11.5 Å². The normalized spacial score (nSPS) is 21.2. The third kappa shape index (κ3) is 2.66. The summed E-state index contributed by atoms with van der Waals surface area (Å²) in [6.45, 7) is 2.53. The highest BCUT2D eigenvalue weighted by molar-refractivity contribution is 5.97. The molecule has 0 spiro atoms. The average molecular weight is 264 g/mol. The molecular formula is C14H20N2O3. The fourth-order valence-electron chi connectivity index (χ4n) is 2.61. The fraction of sp³-hybridized carbons (Fsp3) is 0.500. The maximum absolute atomic E-state index is 12.5. The Labute approximate surface area is 112 Å². The third-order valence-electron chi connectivity index (χ3n) is 3.66. The summed E-state index contributed by atoms with van der Waals surface area (Å²) in [5, 5.41) is 19.3. The quantitative estimate of drug-likeness (QED) is 0.705. The predicted molar refractivity (Wildman–Crippen MR) is 72.1 cm³/mol. The lowest BCUT2D eigenvalue weighted by Crippen LogP contribution is -2.51. The van der Waals surface area contributed by atoms with E-state index in [9.17, 15) is 15.0 Å². The van der Waals surface area contributed by atoms with E-state index in [1.165, 1.54) is 12.1 Å². The molecule has 2 atom stereocenters. The van der Waals surface area contributed by atoms with E-state index in [-0.39, 0.29) is 35.1 Å². The van der Waals surface area contributed by atoms with Crippen molar-refractivity contribution in [1.29, 1.82) is 0 Å². The van der Waals surface area contributed by atoms with Gasteiger partial charge in [0, 0.05) is 18.6 Å². The van der Waals surface area contributed by atoms with Gasteiger partial charge in [-0.2, -0.15) is 0 Å². The number of carbonyl (C=O) groups excluding carboxylic acids is 1. The van der Waals surface area contributed by atoms with Gasteiger partial charge in [0.15, 0.2) is 11.5 Å². The smallest absolute Gasteiger partial charge is 0.258 e. The van der Waals surface area contributed by atoms with Crippen LogP contribution in [0.2, 0.25) is 0 Å². The number of benzene rings is 1. The monoisotopic (exact) mass is 264 g/mol. The second kappa shape index (κ2) is 5.48. The van der Waals surface area contributed by atoms with Gasteiger partial charge in [-0.25, -0.2) is 0 Å². The molecule has 1 saturated heterocycles. The molecule has 4 N–H and O–H groups in total. The second-order valence-electron chi connectivity index (χ2n) is 5.09. The highest BCUT2D eigenvalue weighted by Gasteiger charge is 2.31. The van der Waals surface area contributed by atoms with Crippen LogP contribution in [0.15, 0.2) is 18.2 Å². The standard InChI is InChI=1S/C14H20N2O3/c1-9(15)11-6-2-3-8-16(11)14(19)10-5-4-7-12(17)13(10)18/h4-5,7,9,11,17-18H,2-3,6,8,15H2,1H3. The van der Waals surface area contributed by atoms with Gasteiger partial charge < -0.3 is 20.8 Å². The molecule has 0 bridgehead atoms. The van der Waals surface area contributed by atoms with Crippen molar-refractivity contribution in [3.8, 4) is 11.5 Å². The first-order valence-corrected chi connectivity index (χ1v) is 6.60. The average Bonchev–Trinajstić information content (AvgIpc) is 2.41. The zero-order chi connectivity index (χ0) is 14.0. The van der Waals surface area contributed by atoms with Crippen LogP contribution in [0.4, 0.5) is 0 Å². The number of aromatic hydroxyl groups is 2. The molecule has 19 heavy (non-hydrogen) atoms. The molecule has 0 aliphatic carbocycles. The molecule has 5 nitrogen and oxygen atoms in total. The minimum absolute atomic E-state index is 0.0111. The summed E-state index contributed by atoms with van der Waals surface area (Å²) in [5.74, 6) is -0.905. The number of phenolic OH excluding ortho intramolecular Hbond substituents is 2. The van der Waals surface area contributed by atoms with Gasteiger partial charge in [0.1, 0.15) is 0 Å². The predicted octanol–water partition coefficient (Wildman–Crippen LogP) is 1.44. The Morgan fingerprint density at radius 3 is 2.84 bits per heavy atom. The van der Waals surface area contributed by atoms with Crippen LogP contribution < -0.4 is 5.73 Å². The number of phenols is 2. The number of amides is 1. The molecule has 0 saturated carbocycles. The molecule has 1 aliphatic heterocycles. The molecule has 1 fully saturated rings. The van der Waals surface area contributed by atoms with Gasteiger partial charge in [0.25, 0.3) is 5.91 Å². The van der Waals surface area contributed by atoms with Crippen LogP contribution in [0.1, 0.15) is 36.5 Å². The van der Waals surface area contributed by atoms with Crippen molar-refractivity contribution in [1.82, 2.24) is 4.90 Å². The Bertz CT molecular complexity index is 474. The first-order chi connectivity index (χ1) is 9.02. The van der Waals surface area contributed by atoms with Crippen molar-refractivity contribution in [2.75, 3.05) is 6.54 Å². The van der Waals surface area contributed by atoms with E-state index in [0.717, 1.165) is 19.3 Å². The summed E-state index contributed by atoms with van der Waals surface area (Å²) in [6.07, 6.45) is 2.87. The molecule has 2 unspecified atom stereocenters. The van der Waals surface area contributed by atoms with Crippen molar-refractivity contribution < 1.29 is 15.0 Å². The van der Waals surface area contributed by atoms with Crippen molar-refractivity contribution >= 4 is 5.91 Å². The number of likely N-dealkylation sites (tertiary alicyclic amines) is 1. The zero-order valence-electron chi connectivity index (χ0n) is 11.0. The van der Waals surface area contributed by atoms with Gasteiger partial charge in [-0.05, 0) is 38.3 Å². The summed E-state index contributed by atoms with van der Waals surface area (Å²) in [4.78, 5) is 14.2. The van der Waals surface area contributed by atoms with E-state index < -0.39 is 0 Å². The van der Waals surface area contributed by atoms with Crippen LogP contribution in [-0.4, -0.2) is 39.6 Å². The Kier molecular flexibility index (Phi) is 3.95. The van der Waals surface area contributed by atoms with Gasteiger partial charge in [0.2, 0.25) is 0 Å². The van der Waals surface area contributed by atoms with E-state index >= 15 is 0 Å². The molecule has 104 valence electrons. The molecule has 0 aromatic heterocycles. The summed E-state index contributed by atoms with van der Waals surface area (Å²) in [6, 6.07) is 4.30. The third-order valence-corrected chi connectivity index (χ3v) is 3.66. The molecule has 5 heteroatoms. The number of carbonyl (C=O) groups is 1. The summed E-state index contributed by atoms with van der Waals surface area (Å²) in [7, 11) is 0. The number of rotatable bonds is 2. The molecular weight excluding hydrogens is 244 g/mol. The Hall–Kier alpha value is -1.75. The highest BCUT2D eigenvalue weighted by atomic mass is 16.3. The Balaban J connectivity index is 2.29. The van der Waals surface area contributed by atoms with Gasteiger partial charge in [-0.1, -0.05) is 6.07 Å². The summed E-state index contributed by atoms with van der Waals surface area (Å²) < 4.78 is 0. The molecule has 1 aromatic carbocycles. The molecule has 1 aliphatic rings. The lowest BCUT2D eigenvalue weighted by Gasteiger charge is -2.38. The van der Waals surface area contributed by atoms with Gasteiger partial charge in [-0.15, -0.1) is 0 Å². The Morgan fingerprint density at radius 1 is 1.42 bits per heavy atom. The maximum Gasteiger partial charge on any atom is 0.258 e. The lowest BCUT2D eigenvalue weighted by molar-refractivity contribution is 0.0580.